The maximum Gasteiger partial charge on any atom is 0.252 e. The minimum absolute atomic E-state index is 0.0800. The Morgan fingerprint density at radius 2 is 1.92 bits per heavy atom. The van der Waals surface area contributed by atoms with Gasteiger partial charge in [0.1, 0.15) is 0 Å². The van der Waals surface area contributed by atoms with E-state index in [-0.39, 0.29) is 17.7 Å². The zero-order chi connectivity index (χ0) is 8.55. The fraction of sp³-hybridized carbons (Fsp3) is 0.778. The largest absolute Gasteiger partial charge is 0.272 e. The normalized spacial score (nSPS) is 35.7. The third kappa shape index (κ3) is 1.24. The van der Waals surface area contributed by atoms with Crippen LogP contribution in [0.15, 0.2) is 0 Å². The van der Waals surface area contributed by atoms with Crippen LogP contribution in [0.3, 0.4) is 0 Å². The Morgan fingerprint density at radius 3 is 2.75 bits per heavy atom. The van der Waals surface area contributed by atoms with E-state index in [1.165, 1.54) is 6.42 Å². The van der Waals surface area contributed by atoms with Crippen LogP contribution in [0.2, 0.25) is 0 Å². The molecule has 3 nitrogen and oxygen atoms in total. The number of hydrogen-bond acceptors (Lipinski definition) is 2. The van der Waals surface area contributed by atoms with Crippen molar-refractivity contribution in [2.75, 3.05) is 0 Å². The van der Waals surface area contributed by atoms with Crippen LogP contribution in [0.5, 0.6) is 0 Å². The first-order valence-corrected chi connectivity index (χ1v) is 4.56. The number of piperidine rings is 1. The highest BCUT2D eigenvalue weighted by atomic mass is 16.2. The van der Waals surface area contributed by atoms with E-state index >= 15 is 0 Å². The summed E-state index contributed by atoms with van der Waals surface area (Å²) in [5, 5.41) is 3.49. The van der Waals surface area contributed by atoms with Crippen molar-refractivity contribution in [3.8, 4) is 0 Å². The Labute approximate surface area is 71.5 Å². The standard InChI is InChI=1S/C9H12NO2/c11-8-5-6-3-1-2-4-7(6)9(12)10-8/h6-7H,1-5H2. The number of rotatable bonds is 0. The molecule has 2 atom stereocenters. The maximum absolute atomic E-state index is 11.3. The molecule has 1 aliphatic carbocycles. The summed E-state index contributed by atoms with van der Waals surface area (Å²) in [4.78, 5) is 22.2. The Morgan fingerprint density at radius 1 is 1.17 bits per heavy atom. The second kappa shape index (κ2) is 2.88. The molecule has 2 amide bonds. The second-order valence-electron chi connectivity index (χ2n) is 3.70. The zero-order valence-corrected chi connectivity index (χ0v) is 6.95. The minimum atomic E-state index is -0.205. The van der Waals surface area contributed by atoms with Gasteiger partial charge < -0.3 is 0 Å². The minimum Gasteiger partial charge on any atom is -0.272 e. The number of fused-ring (bicyclic) bond motifs is 1. The molecule has 3 heteroatoms. The molecule has 0 aromatic rings. The number of nitrogens with zero attached hydrogens (tertiary/aromatic N) is 1. The van der Waals surface area contributed by atoms with Gasteiger partial charge in [-0.05, 0) is 18.8 Å². The number of carbonyl (C=O) groups is 2. The van der Waals surface area contributed by atoms with Gasteiger partial charge in [-0.25, -0.2) is 0 Å². The van der Waals surface area contributed by atoms with Gasteiger partial charge in [-0.1, -0.05) is 12.8 Å². The van der Waals surface area contributed by atoms with E-state index < -0.39 is 0 Å². The lowest BCUT2D eigenvalue weighted by Gasteiger charge is -2.32. The van der Waals surface area contributed by atoms with E-state index in [1.54, 1.807) is 0 Å². The van der Waals surface area contributed by atoms with Crippen LogP contribution in [-0.4, -0.2) is 11.8 Å². The van der Waals surface area contributed by atoms with Gasteiger partial charge in [0, 0.05) is 12.3 Å². The molecule has 2 aliphatic rings. The first kappa shape index (κ1) is 7.77. The Hall–Kier alpha value is -0.860. The van der Waals surface area contributed by atoms with Gasteiger partial charge >= 0.3 is 0 Å². The molecule has 0 spiro atoms. The molecule has 2 unspecified atom stereocenters. The fourth-order valence-electron chi connectivity index (χ4n) is 2.25. The molecule has 0 bridgehead atoms. The predicted octanol–water partition coefficient (Wildman–Crippen LogP) is 0.854. The molecule has 12 heavy (non-hydrogen) atoms. The summed E-state index contributed by atoms with van der Waals surface area (Å²) in [6.07, 6.45) is 4.78. The number of carbonyl (C=O) groups excluding carboxylic acids is 2. The fourth-order valence-corrected chi connectivity index (χ4v) is 2.25. The molecule has 1 aliphatic heterocycles. The summed E-state index contributed by atoms with van der Waals surface area (Å²) < 4.78 is 0. The van der Waals surface area contributed by atoms with Gasteiger partial charge in [0.2, 0.25) is 5.91 Å². The quantitative estimate of drug-likeness (QED) is 0.501. The SMILES string of the molecule is O=C1CC2CCCCC2C(=O)[N]1. The highest BCUT2D eigenvalue weighted by Gasteiger charge is 2.38. The van der Waals surface area contributed by atoms with E-state index in [9.17, 15) is 9.59 Å². The Balaban J connectivity index is 2.11. The lowest BCUT2D eigenvalue weighted by molar-refractivity contribution is -0.140. The van der Waals surface area contributed by atoms with E-state index in [1.807, 2.05) is 0 Å². The Kier molecular flexibility index (Phi) is 1.87. The van der Waals surface area contributed by atoms with E-state index in [0.29, 0.717) is 12.3 Å². The van der Waals surface area contributed by atoms with Crippen molar-refractivity contribution in [3.05, 3.63) is 0 Å². The smallest absolute Gasteiger partial charge is 0.252 e. The molecule has 0 aromatic heterocycles. The lowest BCUT2D eigenvalue weighted by atomic mass is 9.75. The molecule has 0 N–H and O–H groups in total. The second-order valence-corrected chi connectivity index (χ2v) is 3.70. The van der Waals surface area contributed by atoms with Crippen LogP contribution in [0.4, 0.5) is 0 Å². The third-order valence-corrected chi connectivity index (χ3v) is 2.90. The Bertz CT molecular complexity index is 225. The number of amides is 2. The molecule has 1 heterocycles. The van der Waals surface area contributed by atoms with E-state index in [4.69, 9.17) is 0 Å². The van der Waals surface area contributed by atoms with Crippen LogP contribution < -0.4 is 5.32 Å². The van der Waals surface area contributed by atoms with Gasteiger partial charge in [-0.2, -0.15) is 5.32 Å². The van der Waals surface area contributed by atoms with Crippen LogP contribution in [0.1, 0.15) is 32.1 Å². The average molecular weight is 166 g/mol. The monoisotopic (exact) mass is 166 g/mol. The van der Waals surface area contributed by atoms with Crippen molar-refractivity contribution in [2.24, 2.45) is 11.8 Å². The molecule has 65 valence electrons. The molecular formula is C9H12NO2. The van der Waals surface area contributed by atoms with Gasteiger partial charge in [-0.3, -0.25) is 9.59 Å². The van der Waals surface area contributed by atoms with Gasteiger partial charge in [-0.15, -0.1) is 0 Å². The number of hydrogen-bond donors (Lipinski definition) is 0. The highest BCUT2D eigenvalue weighted by molar-refractivity contribution is 5.98. The third-order valence-electron chi connectivity index (χ3n) is 2.90. The zero-order valence-electron chi connectivity index (χ0n) is 6.95. The first-order valence-electron chi connectivity index (χ1n) is 4.56. The van der Waals surface area contributed by atoms with Crippen molar-refractivity contribution in [3.63, 3.8) is 0 Å². The molecule has 2 rings (SSSR count). The summed E-state index contributed by atoms with van der Waals surface area (Å²) in [5.74, 6) is 0.0341. The van der Waals surface area contributed by atoms with Crippen molar-refractivity contribution in [1.29, 1.82) is 0 Å². The maximum atomic E-state index is 11.3. The summed E-state index contributed by atoms with van der Waals surface area (Å²) in [6, 6.07) is 0. The topological polar surface area (TPSA) is 48.2 Å². The van der Waals surface area contributed by atoms with E-state index in [2.05, 4.69) is 5.32 Å². The highest BCUT2D eigenvalue weighted by Crippen LogP contribution is 2.34. The predicted molar refractivity (Wildman–Crippen MR) is 42.2 cm³/mol. The average Bonchev–Trinajstić information content (AvgIpc) is 2.04. The van der Waals surface area contributed by atoms with Gasteiger partial charge in [0.15, 0.2) is 0 Å². The van der Waals surface area contributed by atoms with Crippen LogP contribution >= 0.6 is 0 Å². The van der Waals surface area contributed by atoms with Crippen molar-refractivity contribution < 1.29 is 9.59 Å². The van der Waals surface area contributed by atoms with Gasteiger partial charge in [0.05, 0.1) is 0 Å². The molecule has 1 radical (unpaired) electrons. The molecule has 0 aromatic carbocycles. The molecule has 1 saturated heterocycles. The van der Waals surface area contributed by atoms with Crippen LogP contribution in [0.25, 0.3) is 0 Å². The summed E-state index contributed by atoms with van der Waals surface area (Å²) in [5.41, 5.74) is 0. The summed E-state index contributed by atoms with van der Waals surface area (Å²) in [6.45, 7) is 0. The molecule has 2 fully saturated rings. The first-order chi connectivity index (χ1) is 5.77. The molecule has 1 saturated carbocycles. The van der Waals surface area contributed by atoms with Crippen LogP contribution in [-0.2, 0) is 9.59 Å². The van der Waals surface area contributed by atoms with Crippen molar-refractivity contribution >= 4 is 11.8 Å². The van der Waals surface area contributed by atoms with Crippen LogP contribution in [0, 0.1) is 11.8 Å². The van der Waals surface area contributed by atoms with Gasteiger partial charge in [0.25, 0.3) is 5.91 Å². The molecular weight excluding hydrogens is 154 g/mol. The van der Waals surface area contributed by atoms with Crippen molar-refractivity contribution in [2.45, 2.75) is 32.1 Å². The summed E-state index contributed by atoms with van der Waals surface area (Å²) in [7, 11) is 0. The van der Waals surface area contributed by atoms with Crippen molar-refractivity contribution in [1.82, 2.24) is 5.32 Å². The summed E-state index contributed by atoms with van der Waals surface area (Å²) >= 11 is 0. The lowest BCUT2D eigenvalue weighted by Crippen LogP contribution is -2.42. The number of imide groups is 1. The van der Waals surface area contributed by atoms with E-state index in [0.717, 1.165) is 19.3 Å².